The molecule has 1 fully saturated rings. The molecule has 0 atom stereocenters. The number of hydrogen-bond acceptors (Lipinski definition) is 7. The van der Waals surface area contributed by atoms with Gasteiger partial charge in [0.2, 0.25) is 0 Å². The topological polar surface area (TPSA) is 117 Å². The molecule has 10 heteroatoms. The minimum atomic E-state index is -0.800. The van der Waals surface area contributed by atoms with Gasteiger partial charge in [-0.3, -0.25) is 24.6 Å². The molecule has 2 amide bonds. The maximum atomic E-state index is 12.1. The Hall–Kier alpha value is -3.66. The van der Waals surface area contributed by atoms with Crippen LogP contribution in [0.2, 0.25) is 0 Å². The van der Waals surface area contributed by atoms with E-state index in [-0.39, 0.29) is 5.69 Å². The third-order valence-electron chi connectivity index (χ3n) is 5.40. The lowest BCUT2D eigenvalue weighted by Gasteiger charge is -2.36. The number of non-ortho nitro benzene ring substituents is 1. The number of benzene rings is 2. The van der Waals surface area contributed by atoms with Crippen molar-refractivity contribution in [2.45, 2.75) is 6.92 Å². The van der Waals surface area contributed by atoms with Gasteiger partial charge < -0.3 is 20.3 Å². The molecule has 0 bridgehead atoms. The Morgan fingerprint density at radius 3 is 2.34 bits per heavy atom. The summed E-state index contributed by atoms with van der Waals surface area (Å²) in [5, 5.41) is 15.9. The maximum absolute atomic E-state index is 12.1. The number of piperazine rings is 1. The van der Waals surface area contributed by atoms with Gasteiger partial charge in [-0.25, -0.2) is 0 Å². The van der Waals surface area contributed by atoms with Crippen LogP contribution in [0.15, 0.2) is 42.5 Å². The van der Waals surface area contributed by atoms with Crippen LogP contribution < -0.4 is 20.3 Å². The van der Waals surface area contributed by atoms with E-state index < -0.39 is 16.7 Å². The molecule has 3 rings (SSSR count). The van der Waals surface area contributed by atoms with Gasteiger partial charge in [-0.05, 0) is 42.8 Å². The van der Waals surface area contributed by atoms with Crippen LogP contribution in [0.3, 0.4) is 0 Å². The summed E-state index contributed by atoms with van der Waals surface area (Å²) in [6.45, 7) is 6.10. The van der Waals surface area contributed by atoms with E-state index in [0.717, 1.165) is 37.6 Å². The van der Waals surface area contributed by atoms with Crippen molar-refractivity contribution >= 4 is 28.9 Å². The molecule has 2 aromatic carbocycles. The summed E-state index contributed by atoms with van der Waals surface area (Å²) in [4.78, 5) is 39.0. The van der Waals surface area contributed by atoms with Crippen molar-refractivity contribution in [1.29, 1.82) is 0 Å². The Balaban J connectivity index is 1.39. The van der Waals surface area contributed by atoms with Gasteiger partial charge in [0.25, 0.3) is 5.69 Å². The highest BCUT2D eigenvalue weighted by molar-refractivity contribution is 6.39. The molecular formula is C22H27N5O5. The van der Waals surface area contributed by atoms with Crippen LogP contribution >= 0.6 is 0 Å². The minimum Gasteiger partial charge on any atom is -0.497 e. The predicted octanol–water partition coefficient (Wildman–Crippen LogP) is 1.79. The van der Waals surface area contributed by atoms with Crippen molar-refractivity contribution in [2.24, 2.45) is 0 Å². The molecule has 0 unspecified atom stereocenters. The molecule has 1 saturated heterocycles. The number of carbonyl (C=O) groups is 2. The van der Waals surface area contributed by atoms with E-state index >= 15 is 0 Å². The SMILES string of the molecule is COc1ccc(N2CCN(CCNC(=O)C(=O)Nc3ccc([N+](=O)[O-])cc3C)CC2)cc1. The summed E-state index contributed by atoms with van der Waals surface area (Å²) in [6.07, 6.45) is 0. The Labute approximate surface area is 186 Å². The van der Waals surface area contributed by atoms with Crippen LogP contribution in [0, 0.1) is 17.0 Å². The van der Waals surface area contributed by atoms with Gasteiger partial charge in [0.05, 0.1) is 12.0 Å². The van der Waals surface area contributed by atoms with E-state index in [1.807, 2.05) is 24.3 Å². The summed E-state index contributed by atoms with van der Waals surface area (Å²) < 4.78 is 5.19. The van der Waals surface area contributed by atoms with Gasteiger partial charge in [0.1, 0.15) is 5.75 Å². The number of nitro benzene ring substituents is 1. The van der Waals surface area contributed by atoms with E-state index in [0.29, 0.717) is 24.3 Å². The zero-order valence-electron chi connectivity index (χ0n) is 18.2. The first-order valence-electron chi connectivity index (χ1n) is 10.3. The molecule has 2 N–H and O–H groups in total. The first-order chi connectivity index (χ1) is 15.4. The lowest BCUT2D eigenvalue weighted by atomic mass is 10.2. The van der Waals surface area contributed by atoms with E-state index in [4.69, 9.17) is 4.74 Å². The van der Waals surface area contributed by atoms with Gasteiger partial charge >= 0.3 is 11.8 Å². The molecule has 0 aliphatic carbocycles. The fourth-order valence-corrected chi connectivity index (χ4v) is 3.51. The fourth-order valence-electron chi connectivity index (χ4n) is 3.51. The lowest BCUT2D eigenvalue weighted by Crippen LogP contribution is -2.49. The fraction of sp³-hybridized carbons (Fsp3) is 0.364. The highest BCUT2D eigenvalue weighted by Gasteiger charge is 2.19. The predicted molar refractivity (Wildman–Crippen MR) is 121 cm³/mol. The maximum Gasteiger partial charge on any atom is 0.313 e. The van der Waals surface area contributed by atoms with Gasteiger partial charge in [-0.2, -0.15) is 0 Å². The molecule has 10 nitrogen and oxygen atoms in total. The number of aryl methyl sites for hydroxylation is 1. The van der Waals surface area contributed by atoms with Crippen molar-refractivity contribution in [2.75, 3.05) is 56.6 Å². The standard InChI is InChI=1S/C22H27N5O5/c1-16-15-18(27(30)31)5-8-20(16)24-22(29)21(28)23-9-10-25-11-13-26(14-12-25)17-3-6-19(32-2)7-4-17/h3-8,15H,9-14H2,1-2H3,(H,23,28)(H,24,29). The summed E-state index contributed by atoms with van der Waals surface area (Å²) >= 11 is 0. The average molecular weight is 441 g/mol. The van der Waals surface area contributed by atoms with Crippen LogP contribution in [0.1, 0.15) is 5.56 Å². The van der Waals surface area contributed by atoms with E-state index in [1.54, 1.807) is 14.0 Å². The number of nitrogens with one attached hydrogen (secondary N) is 2. The number of anilines is 2. The van der Waals surface area contributed by atoms with Gasteiger partial charge in [-0.15, -0.1) is 0 Å². The number of methoxy groups -OCH3 is 1. The summed E-state index contributed by atoms with van der Waals surface area (Å²) in [7, 11) is 1.65. The summed E-state index contributed by atoms with van der Waals surface area (Å²) in [5.41, 5.74) is 1.95. The molecule has 170 valence electrons. The highest BCUT2D eigenvalue weighted by atomic mass is 16.6. The van der Waals surface area contributed by atoms with Crippen molar-refractivity contribution in [3.05, 3.63) is 58.1 Å². The zero-order chi connectivity index (χ0) is 23.1. The summed E-state index contributed by atoms with van der Waals surface area (Å²) in [6, 6.07) is 12.0. The van der Waals surface area contributed by atoms with Crippen molar-refractivity contribution < 1.29 is 19.2 Å². The van der Waals surface area contributed by atoms with Crippen molar-refractivity contribution in [3.8, 4) is 5.75 Å². The Kier molecular flexibility index (Phi) is 7.61. The molecule has 1 aliphatic heterocycles. The third-order valence-corrected chi connectivity index (χ3v) is 5.40. The lowest BCUT2D eigenvalue weighted by molar-refractivity contribution is -0.384. The number of nitrogens with zero attached hydrogens (tertiary/aromatic N) is 3. The molecular weight excluding hydrogens is 414 g/mol. The molecule has 0 radical (unpaired) electrons. The number of ether oxygens (including phenoxy) is 1. The van der Waals surface area contributed by atoms with Crippen LogP contribution in [0.5, 0.6) is 5.75 Å². The number of carbonyl (C=O) groups excluding carboxylic acids is 2. The molecule has 0 saturated carbocycles. The second-order valence-electron chi connectivity index (χ2n) is 7.49. The summed E-state index contributed by atoms with van der Waals surface area (Å²) in [5.74, 6) is -0.707. The number of amides is 2. The van der Waals surface area contributed by atoms with Crippen LogP contribution in [-0.2, 0) is 9.59 Å². The second-order valence-corrected chi connectivity index (χ2v) is 7.49. The van der Waals surface area contributed by atoms with E-state index in [2.05, 4.69) is 20.4 Å². The largest absolute Gasteiger partial charge is 0.497 e. The molecule has 0 aromatic heterocycles. The smallest absolute Gasteiger partial charge is 0.313 e. The first kappa shape index (κ1) is 23.0. The molecule has 0 spiro atoms. The number of nitro groups is 1. The Morgan fingerprint density at radius 2 is 1.75 bits per heavy atom. The van der Waals surface area contributed by atoms with Crippen molar-refractivity contribution in [3.63, 3.8) is 0 Å². The van der Waals surface area contributed by atoms with Crippen LogP contribution in [0.25, 0.3) is 0 Å². The van der Waals surface area contributed by atoms with Crippen LogP contribution in [-0.4, -0.2) is 68.0 Å². The molecule has 32 heavy (non-hydrogen) atoms. The molecule has 2 aromatic rings. The average Bonchev–Trinajstić information content (AvgIpc) is 2.80. The first-order valence-corrected chi connectivity index (χ1v) is 10.3. The normalized spacial score (nSPS) is 14.0. The third kappa shape index (κ3) is 5.94. The van der Waals surface area contributed by atoms with Gasteiger partial charge in [-0.1, -0.05) is 0 Å². The Bertz CT molecular complexity index is 971. The zero-order valence-corrected chi connectivity index (χ0v) is 18.2. The second kappa shape index (κ2) is 10.6. The van der Waals surface area contributed by atoms with Gasteiger partial charge in [0.15, 0.2) is 0 Å². The molecule has 1 heterocycles. The Morgan fingerprint density at radius 1 is 1.06 bits per heavy atom. The van der Waals surface area contributed by atoms with Crippen molar-refractivity contribution in [1.82, 2.24) is 10.2 Å². The number of rotatable bonds is 7. The minimum absolute atomic E-state index is 0.0722. The highest BCUT2D eigenvalue weighted by Crippen LogP contribution is 2.21. The quantitative estimate of drug-likeness (QED) is 0.382. The monoisotopic (exact) mass is 441 g/mol. The van der Waals surface area contributed by atoms with Gasteiger partial charge in [0, 0.05) is 62.8 Å². The van der Waals surface area contributed by atoms with Crippen LogP contribution in [0.4, 0.5) is 17.1 Å². The van der Waals surface area contributed by atoms with E-state index in [9.17, 15) is 19.7 Å². The molecule has 1 aliphatic rings. The van der Waals surface area contributed by atoms with E-state index in [1.165, 1.54) is 18.2 Å². The number of hydrogen-bond donors (Lipinski definition) is 2.